The second kappa shape index (κ2) is 17.0. The third-order valence-corrected chi connectivity index (χ3v) is 3.47. The Labute approximate surface area is 131 Å². The maximum atomic E-state index is 11.5. The molecule has 0 rings (SSSR count). The molecule has 0 fully saturated rings. The van der Waals surface area contributed by atoms with E-state index in [4.69, 9.17) is 4.74 Å². The molecule has 0 aromatic rings. The Kier molecular flexibility index (Phi) is 16.2. The minimum absolute atomic E-state index is 0.0224. The number of carbonyl (C=O) groups excluding carboxylic acids is 1. The summed E-state index contributed by atoms with van der Waals surface area (Å²) in [4.78, 5) is 11.5. The molecule has 2 heteroatoms. The predicted octanol–water partition coefficient (Wildman–Crippen LogP) is 5.97. The Balaban J connectivity index is 3.20. The summed E-state index contributed by atoms with van der Waals surface area (Å²) in [6, 6.07) is 0. The van der Waals surface area contributed by atoms with E-state index in [0.29, 0.717) is 13.0 Å². The van der Waals surface area contributed by atoms with Crippen molar-refractivity contribution in [3.63, 3.8) is 0 Å². The molecule has 2 nitrogen and oxygen atoms in total. The van der Waals surface area contributed by atoms with E-state index in [-0.39, 0.29) is 5.97 Å². The fourth-order valence-corrected chi connectivity index (χ4v) is 2.17. The van der Waals surface area contributed by atoms with Crippen LogP contribution in [0.2, 0.25) is 0 Å². The smallest absolute Gasteiger partial charge is 0.305 e. The SMILES string of the molecule is C=CCCCCCCCCC(=O)OCCCC/C=C\CC. The summed E-state index contributed by atoms with van der Waals surface area (Å²) < 4.78 is 5.23. The van der Waals surface area contributed by atoms with Gasteiger partial charge >= 0.3 is 5.97 Å². The fourth-order valence-electron chi connectivity index (χ4n) is 2.17. The molecule has 0 atom stereocenters. The van der Waals surface area contributed by atoms with Crippen LogP contribution in [0.5, 0.6) is 0 Å². The maximum absolute atomic E-state index is 11.5. The summed E-state index contributed by atoms with van der Waals surface area (Å²) in [6.07, 6.45) is 19.5. The summed E-state index contributed by atoms with van der Waals surface area (Å²) >= 11 is 0. The quantitative estimate of drug-likeness (QED) is 0.211. The van der Waals surface area contributed by atoms with Gasteiger partial charge in [-0.3, -0.25) is 4.79 Å². The lowest BCUT2D eigenvalue weighted by Crippen LogP contribution is -2.05. The molecule has 0 amide bonds. The molecule has 0 spiro atoms. The van der Waals surface area contributed by atoms with Gasteiger partial charge in [0.25, 0.3) is 0 Å². The number of carbonyl (C=O) groups is 1. The molecule has 0 unspecified atom stereocenters. The van der Waals surface area contributed by atoms with Crippen LogP contribution < -0.4 is 0 Å². The molecule has 0 aliphatic carbocycles. The molecule has 0 saturated heterocycles. The van der Waals surface area contributed by atoms with Crippen LogP contribution in [0.3, 0.4) is 0 Å². The molecule has 0 radical (unpaired) electrons. The van der Waals surface area contributed by atoms with Crippen molar-refractivity contribution in [1.82, 2.24) is 0 Å². The lowest BCUT2D eigenvalue weighted by Gasteiger charge is -2.04. The highest BCUT2D eigenvalue weighted by Gasteiger charge is 2.02. The predicted molar refractivity (Wildman–Crippen MR) is 91.4 cm³/mol. The van der Waals surface area contributed by atoms with Crippen molar-refractivity contribution in [3.05, 3.63) is 24.8 Å². The first-order chi connectivity index (χ1) is 10.3. The first-order valence-corrected chi connectivity index (χ1v) is 8.72. The van der Waals surface area contributed by atoms with Crippen molar-refractivity contribution in [1.29, 1.82) is 0 Å². The van der Waals surface area contributed by atoms with Gasteiger partial charge in [-0.25, -0.2) is 0 Å². The Bertz CT molecular complexity index is 269. The van der Waals surface area contributed by atoms with Crippen molar-refractivity contribution in [2.45, 2.75) is 84.0 Å². The van der Waals surface area contributed by atoms with Crippen LogP contribution in [-0.4, -0.2) is 12.6 Å². The zero-order valence-electron chi connectivity index (χ0n) is 13.9. The molecular formula is C19H34O2. The largest absolute Gasteiger partial charge is 0.466 e. The standard InChI is InChI=1S/C19H34O2/c1-3-5-7-9-11-12-13-15-17-19(20)21-18-16-14-10-8-6-4-2/h3,6,8H,1,4-5,7,9-18H2,2H3/b8-6-. The fraction of sp³-hybridized carbons (Fsp3) is 0.737. The summed E-state index contributed by atoms with van der Waals surface area (Å²) in [5.41, 5.74) is 0. The van der Waals surface area contributed by atoms with E-state index >= 15 is 0 Å². The van der Waals surface area contributed by atoms with Crippen LogP contribution in [0.15, 0.2) is 24.8 Å². The number of ether oxygens (including phenoxy) is 1. The highest BCUT2D eigenvalue weighted by atomic mass is 16.5. The second-order valence-corrected chi connectivity index (χ2v) is 5.54. The van der Waals surface area contributed by atoms with E-state index in [2.05, 4.69) is 25.7 Å². The van der Waals surface area contributed by atoms with Gasteiger partial charge in [-0.2, -0.15) is 0 Å². The first-order valence-electron chi connectivity index (χ1n) is 8.72. The van der Waals surface area contributed by atoms with Crippen LogP contribution in [-0.2, 0) is 9.53 Å². The third kappa shape index (κ3) is 16.9. The van der Waals surface area contributed by atoms with E-state index in [1.165, 1.54) is 25.7 Å². The van der Waals surface area contributed by atoms with Crippen LogP contribution in [0.1, 0.15) is 84.0 Å². The van der Waals surface area contributed by atoms with Gasteiger partial charge in [0.2, 0.25) is 0 Å². The molecular weight excluding hydrogens is 260 g/mol. The molecule has 0 aromatic carbocycles. The van der Waals surface area contributed by atoms with Crippen molar-refractivity contribution >= 4 is 5.97 Å². The minimum Gasteiger partial charge on any atom is -0.466 e. The van der Waals surface area contributed by atoms with Crippen molar-refractivity contribution in [2.75, 3.05) is 6.61 Å². The topological polar surface area (TPSA) is 26.3 Å². The molecule has 0 saturated carbocycles. The van der Waals surface area contributed by atoms with Crippen molar-refractivity contribution in [2.24, 2.45) is 0 Å². The van der Waals surface area contributed by atoms with Gasteiger partial charge in [0.15, 0.2) is 0 Å². The number of allylic oxidation sites excluding steroid dienone is 3. The molecule has 0 aromatic heterocycles. The van der Waals surface area contributed by atoms with Crippen LogP contribution in [0.4, 0.5) is 0 Å². The Morgan fingerprint density at radius 2 is 1.57 bits per heavy atom. The van der Waals surface area contributed by atoms with Gasteiger partial charge in [0.05, 0.1) is 6.61 Å². The lowest BCUT2D eigenvalue weighted by molar-refractivity contribution is -0.143. The number of rotatable bonds is 15. The summed E-state index contributed by atoms with van der Waals surface area (Å²) in [5, 5.41) is 0. The van der Waals surface area contributed by atoms with E-state index in [1.807, 2.05) is 6.08 Å². The lowest BCUT2D eigenvalue weighted by atomic mass is 10.1. The first kappa shape index (κ1) is 19.9. The molecule has 0 aliphatic rings. The average Bonchev–Trinajstić information content (AvgIpc) is 2.49. The summed E-state index contributed by atoms with van der Waals surface area (Å²) in [6.45, 7) is 6.44. The second-order valence-electron chi connectivity index (χ2n) is 5.54. The average molecular weight is 294 g/mol. The van der Waals surface area contributed by atoms with E-state index in [0.717, 1.165) is 44.9 Å². The van der Waals surface area contributed by atoms with Gasteiger partial charge in [-0.15, -0.1) is 6.58 Å². The minimum atomic E-state index is -0.0224. The van der Waals surface area contributed by atoms with Gasteiger partial charge in [0.1, 0.15) is 0 Å². The van der Waals surface area contributed by atoms with Gasteiger partial charge in [-0.05, 0) is 44.9 Å². The van der Waals surface area contributed by atoms with E-state index < -0.39 is 0 Å². The highest BCUT2D eigenvalue weighted by Crippen LogP contribution is 2.09. The molecule has 21 heavy (non-hydrogen) atoms. The number of unbranched alkanes of at least 4 members (excludes halogenated alkanes) is 8. The number of hydrogen-bond acceptors (Lipinski definition) is 2. The van der Waals surface area contributed by atoms with Gasteiger partial charge in [-0.1, -0.05) is 50.8 Å². The summed E-state index contributed by atoms with van der Waals surface area (Å²) in [5.74, 6) is -0.0224. The zero-order valence-corrected chi connectivity index (χ0v) is 13.9. The molecule has 0 N–H and O–H groups in total. The third-order valence-electron chi connectivity index (χ3n) is 3.47. The molecule has 0 aliphatic heterocycles. The Morgan fingerprint density at radius 1 is 0.905 bits per heavy atom. The van der Waals surface area contributed by atoms with Crippen LogP contribution >= 0.6 is 0 Å². The number of hydrogen-bond donors (Lipinski definition) is 0. The Hall–Kier alpha value is -1.05. The van der Waals surface area contributed by atoms with Crippen LogP contribution in [0.25, 0.3) is 0 Å². The van der Waals surface area contributed by atoms with Gasteiger partial charge < -0.3 is 4.74 Å². The highest BCUT2D eigenvalue weighted by molar-refractivity contribution is 5.69. The molecule has 122 valence electrons. The van der Waals surface area contributed by atoms with Crippen LogP contribution in [0, 0.1) is 0 Å². The van der Waals surface area contributed by atoms with E-state index in [9.17, 15) is 4.79 Å². The number of esters is 1. The maximum Gasteiger partial charge on any atom is 0.305 e. The molecule has 0 bridgehead atoms. The van der Waals surface area contributed by atoms with Crippen molar-refractivity contribution < 1.29 is 9.53 Å². The zero-order chi connectivity index (χ0) is 15.6. The monoisotopic (exact) mass is 294 g/mol. The van der Waals surface area contributed by atoms with Gasteiger partial charge in [0, 0.05) is 6.42 Å². The Morgan fingerprint density at radius 3 is 2.29 bits per heavy atom. The molecule has 0 heterocycles. The van der Waals surface area contributed by atoms with E-state index in [1.54, 1.807) is 0 Å². The summed E-state index contributed by atoms with van der Waals surface area (Å²) in [7, 11) is 0. The van der Waals surface area contributed by atoms with Crippen molar-refractivity contribution in [3.8, 4) is 0 Å². The normalized spacial score (nSPS) is 10.9.